The predicted octanol–water partition coefficient (Wildman–Crippen LogP) is 1.92. The Morgan fingerprint density at radius 2 is 1.52 bits per heavy atom. The van der Waals surface area contributed by atoms with Crippen molar-refractivity contribution in [2.45, 2.75) is 38.1 Å². The summed E-state index contributed by atoms with van der Waals surface area (Å²) < 4.78 is 11.1. The lowest BCUT2D eigenvalue weighted by Gasteiger charge is -2.40. The number of rotatable bonds is 5. The number of hydrogen-bond acceptors (Lipinski definition) is 5. The number of ketones is 1. The van der Waals surface area contributed by atoms with Gasteiger partial charge < -0.3 is 14.0 Å². The van der Waals surface area contributed by atoms with Crippen LogP contribution in [0, 0.1) is 11.8 Å². The van der Waals surface area contributed by atoms with Crippen LogP contribution >= 0.6 is 0 Å². The molecule has 0 aromatic carbocycles. The van der Waals surface area contributed by atoms with E-state index in [9.17, 15) is 14.4 Å². The summed E-state index contributed by atoms with van der Waals surface area (Å²) in [5.74, 6) is -3.21. The molecule has 0 radical (unpaired) electrons. The van der Waals surface area contributed by atoms with Crippen molar-refractivity contribution in [1.29, 1.82) is 0 Å². The molecule has 1 aliphatic rings. The molecule has 6 heteroatoms. The predicted molar refractivity (Wildman–Crippen MR) is 82.6 cm³/mol. The molecule has 126 valence electrons. The average Bonchev–Trinajstić information content (AvgIpc) is 3.10. The van der Waals surface area contributed by atoms with Crippen LogP contribution < -0.4 is 0 Å². The van der Waals surface area contributed by atoms with Crippen LogP contribution in [0.3, 0.4) is 0 Å². The van der Waals surface area contributed by atoms with E-state index in [1.54, 1.807) is 12.4 Å². The second-order valence-electron chi connectivity index (χ2n) is 6.15. The highest BCUT2D eigenvalue weighted by Crippen LogP contribution is 2.40. The van der Waals surface area contributed by atoms with E-state index < -0.39 is 29.2 Å². The zero-order valence-electron chi connectivity index (χ0n) is 13.8. The molecule has 0 amide bonds. The van der Waals surface area contributed by atoms with E-state index in [2.05, 4.69) is 16.4 Å². The molecule has 1 heterocycles. The van der Waals surface area contributed by atoms with Gasteiger partial charge in [0.25, 0.3) is 0 Å². The summed E-state index contributed by atoms with van der Waals surface area (Å²) in [7, 11) is 2.33. The van der Waals surface area contributed by atoms with E-state index in [0.717, 1.165) is 27.1 Å². The zero-order chi connectivity index (χ0) is 17.0. The van der Waals surface area contributed by atoms with Crippen molar-refractivity contribution in [3.8, 4) is 0 Å². The van der Waals surface area contributed by atoms with E-state index in [0.29, 0.717) is 18.8 Å². The number of esters is 2. The molecule has 23 heavy (non-hydrogen) atoms. The number of hydrogen-bond donors (Lipinski definition) is 0. The molecular weight excluding hydrogens is 298 g/mol. The molecule has 0 N–H and O–H groups in total. The lowest BCUT2D eigenvalue weighted by molar-refractivity contribution is -0.164. The van der Waals surface area contributed by atoms with Gasteiger partial charge in [0.1, 0.15) is 5.54 Å². The van der Waals surface area contributed by atoms with Crippen LogP contribution in [0.2, 0.25) is 0 Å². The Morgan fingerprint density at radius 1 is 1.04 bits per heavy atom. The Labute approximate surface area is 135 Å². The van der Waals surface area contributed by atoms with Gasteiger partial charge in [-0.25, -0.2) is 0 Å². The number of carbonyl (C=O) groups excluding carboxylic acids is 3. The molecule has 1 saturated carbocycles. The minimum Gasteiger partial charge on any atom is -0.468 e. The standard InChI is InChI=1S/C17H23NO5/c1-12-6-8-17(9-7-12,18-10-4-5-11-18)14(19)13(15(20)22-2)16(21)23-3/h4-5,10-13H,6-9H2,1-3H3/t12-,17-. The second-order valence-corrected chi connectivity index (χ2v) is 6.15. The van der Waals surface area contributed by atoms with E-state index in [-0.39, 0.29) is 0 Å². The van der Waals surface area contributed by atoms with Gasteiger partial charge in [0.15, 0.2) is 5.78 Å². The summed E-state index contributed by atoms with van der Waals surface area (Å²) in [6, 6.07) is 3.66. The van der Waals surface area contributed by atoms with Gasteiger partial charge in [-0.3, -0.25) is 14.4 Å². The number of Topliss-reactive ketones (excluding diaryl/α,β-unsaturated/α-hetero) is 1. The van der Waals surface area contributed by atoms with Gasteiger partial charge in [-0.1, -0.05) is 6.92 Å². The van der Waals surface area contributed by atoms with Gasteiger partial charge >= 0.3 is 11.9 Å². The molecule has 1 aliphatic carbocycles. The van der Waals surface area contributed by atoms with E-state index >= 15 is 0 Å². The van der Waals surface area contributed by atoms with Crippen LogP contribution in [0.15, 0.2) is 24.5 Å². The fourth-order valence-electron chi connectivity index (χ4n) is 3.31. The SMILES string of the molecule is COC(=O)C(C(=O)OC)C(=O)[C@]1(n2cccc2)CC[C@H](C)CC1. The smallest absolute Gasteiger partial charge is 0.327 e. The molecule has 2 rings (SSSR count). The normalized spacial score (nSPS) is 24.3. The van der Waals surface area contributed by atoms with Crippen molar-refractivity contribution in [3.05, 3.63) is 24.5 Å². The first-order valence-electron chi connectivity index (χ1n) is 7.79. The number of methoxy groups -OCH3 is 2. The number of aromatic nitrogens is 1. The molecular formula is C17H23NO5. The third-order valence-electron chi connectivity index (χ3n) is 4.79. The number of nitrogens with zero attached hydrogens (tertiary/aromatic N) is 1. The molecule has 0 bridgehead atoms. The molecule has 0 atom stereocenters. The van der Waals surface area contributed by atoms with E-state index in [1.165, 1.54) is 0 Å². The van der Waals surface area contributed by atoms with Gasteiger partial charge in [0.05, 0.1) is 14.2 Å². The van der Waals surface area contributed by atoms with Crippen molar-refractivity contribution < 1.29 is 23.9 Å². The minimum absolute atomic E-state index is 0.445. The molecule has 1 aromatic heterocycles. The van der Waals surface area contributed by atoms with Crippen molar-refractivity contribution in [2.24, 2.45) is 11.8 Å². The quantitative estimate of drug-likeness (QED) is 0.612. The highest BCUT2D eigenvalue weighted by Gasteiger charge is 2.50. The van der Waals surface area contributed by atoms with Crippen LogP contribution in [-0.4, -0.2) is 36.5 Å². The van der Waals surface area contributed by atoms with E-state index in [4.69, 9.17) is 0 Å². The molecule has 0 spiro atoms. The first kappa shape index (κ1) is 17.2. The van der Waals surface area contributed by atoms with Crippen molar-refractivity contribution in [1.82, 2.24) is 4.57 Å². The molecule has 6 nitrogen and oxygen atoms in total. The first-order chi connectivity index (χ1) is 11.0. The van der Waals surface area contributed by atoms with Crippen molar-refractivity contribution in [2.75, 3.05) is 14.2 Å². The summed E-state index contributed by atoms with van der Waals surface area (Å²) in [5.41, 5.74) is -0.900. The lowest BCUT2D eigenvalue weighted by atomic mass is 9.71. The van der Waals surface area contributed by atoms with E-state index in [1.807, 2.05) is 16.7 Å². The Balaban J connectivity index is 2.43. The Bertz CT molecular complexity index is 554. The number of carbonyl (C=O) groups is 3. The van der Waals surface area contributed by atoms with Crippen LogP contribution in [0.1, 0.15) is 32.6 Å². The zero-order valence-corrected chi connectivity index (χ0v) is 13.8. The molecule has 0 unspecified atom stereocenters. The topological polar surface area (TPSA) is 74.6 Å². The monoisotopic (exact) mass is 321 g/mol. The summed E-state index contributed by atoms with van der Waals surface area (Å²) in [6.07, 6.45) is 6.51. The highest BCUT2D eigenvalue weighted by molar-refractivity contribution is 6.17. The van der Waals surface area contributed by atoms with Gasteiger partial charge in [-0.05, 0) is 43.7 Å². The summed E-state index contributed by atoms with van der Waals surface area (Å²) in [6.45, 7) is 2.14. The van der Waals surface area contributed by atoms with Crippen LogP contribution in [0.25, 0.3) is 0 Å². The molecule has 0 saturated heterocycles. The second kappa shape index (κ2) is 6.98. The third kappa shape index (κ3) is 3.16. The Hall–Kier alpha value is -2.11. The fourth-order valence-corrected chi connectivity index (χ4v) is 3.31. The summed E-state index contributed by atoms with van der Waals surface area (Å²) in [5, 5.41) is 0. The maximum absolute atomic E-state index is 13.2. The van der Waals surface area contributed by atoms with Gasteiger partial charge in [0, 0.05) is 12.4 Å². The first-order valence-corrected chi connectivity index (χ1v) is 7.79. The average molecular weight is 321 g/mol. The minimum atomic E-state index is -1.54. The van der Waals surface area contributed by atoms with Crippen LogP contribution in [0.4, 0.5) is 0 Å². The largest absolute Gasteiger partial charge is 0.468 e. The summed E-state index contributed by atoms with van der Waals surface area (Å²) >= 11 is 0. The maximum atomic E-state index is 13.2. The maximum Gasteiger partial charge on any atom is 0.327 e. The molecule has 0 aliphatic heterocycles. The lowest BCUT2D eigenvalue weighted by Crippen LogP contribution is -2.51. The third-order valence-corrected chi connectivity index (χ3v) is 4.79. The van der Waals surface area contributed by atoms with Gasteiger partial charge in [-0.2, -0.15) is 0 Å². The Morgan fingerprint density at radius 3 is 1.96 bits per heavy atom. The summed E-state index contributed by atoms with van der Waals surface area (Å²) in [4.78, 5) is 37.2. The van der Waals surface area contributed by atoms with Crippen LogP contribution in [0.5, 0.6) is 0 Å². The van der Waals surface area contributed by atoms with Crippen molar-refractivity contribution in [3.63, 3.8) is 0 Å². The van der Waals surface area contributed by atoms with Crippen molar-refractivity contribution >= 4 is 17.7 Å². The highest BCUT2D eigenvalue weighted by atomic mass is 16.5. The van der Waals surface area contributed by atoms with Gasteiger partial charge in [-0.15, -0.1) is 0 Å². The van der Waals surface area contributed by atoms with Gasteiger partial charge in [0.2, 0.25) is 5.92 Å². The molecule has 1 aromatic rings. The van der Waals surface area contributed by atoms with Crippen LogP contribution in [-0.2, 0) is 29.4 Å². The number of ether oxygens (including phenoxy) is 2. The fraction of sp³-hybridized carbons (Fsp3) is 0.588. The Kier molecular flexibility index (Phi) is 5.23. The molecule has 1 fully saturated rings.